The van der Waals surface area contributed by atoms with Gasteiger partial charge in [0.05, 0.1) is 12.7 Å². The van der Waals surface area contributed by atoms with Gasteiger partial charge >= 0.3 is 5.97 Å². The third-order valence-corrected chi connectivity index (χ3v) is 3.12. The standard InChI is InChI=1S/C18H16FNO3/c1-23-18(22)15-8-5-14(6-9-15)12-20-17(21)10-7-13-3-2-4-16(19)11-13/h2-11H,12H2,1H3,(H,20,21). The Morgan fingerprint density at radius 2 is 1.91 bits per heavy atom. The smallest absolute Gasteiger partial charge is 0.337 e. The van der Waals surface area contributed by atoms with E-state index in [-0.39, 0.29) is 11.7 Å². The van der Waals surface area contributed by atoms with E-state index in [1.165, 1.54) is 25.3 Å². The van der Waals surface area contributed by atoms with E-state index in [0.717, 1.165) is 5.56 Å². The topological polar surface area (TPSA) is 55.4 Å². The first-order chi connectivity index (χ1) is 11.1. The van der Waals surface area contributed by atoms with Gasteiger partial charge < -0.3 is 10.1 Å². The van der Waals surface area contributed by atoms with Crippen LogP contribution >= 0.6 is 0 Å². The lowest BCUT2D eigenvalue weighted by atomic mass is 10.1. The molecule has 0 aliphatic rings. The molecule has 4 nitrogen and oxygen atoms in total. The molecule has 118 valence electrons. The molecule has 0 fully saturated rings. The molecule has 0 saturated heterocycles. The van der Waals surface area contributed by atoms with Crippen molar-refractivity contribution in [1.82, 2.24) is 5.32 Å². The summed E-state index contributed by atoms with van der Waals surface area (Å²) in [6, 6.07) is 12.7. The molecule has 0 unspecified atom stereocenters. The van der Waals surface area contributed by atoms with Crippen LogP contribution in [0.1, 0.15) is 21.5 Å². The van der Waals surface area contributed by atoms with Crippen LogP contribution in [-0.2, 0) is 16.1 Å². The molecule has 0 spiro atoms. The van der Waals surface area contributed by atoms with Crippen molar-refractivity contribution in [3.8, 4) is 0 Å². The van der Waals surface area contributed by atoms with E-state index < -0.39 is 5.97 Å². The average Bonchev–Trinajstić information content (AvgIpc) is 2.58. The quantitative estimate of drug-likeness (QED) is 0.682. The lowest BCUT2D eigenvalue weighted by Gasteiger charge is -2.04. The van der Waals surface area contributed by atoms with E-state index in [1.54, 1.807) is 42.5 Å². The molecule has 2 aromatic rings. The minimum atomic E-state index is -0.404. The Kier molecular flexibility index (Phi) is 5.63. The summed E-state index contributed by atoms with van der Waals surface area (Å²) in [5.41, 5.74) is 1.92. The fraction of sp³-hybridized carbons (Fsp3) is 0.111. The minimum Gasteiger partial charge on any atom is -0.465 e. The Morgan fingerprint density at radius 3 is 2.57 bits per heavy atom. The maximum Gasteiger partial charge on any atom is 0.337 e. The number of hydrogen-bond acceptors (Lipinski definition) is 3. The van der Waals surface area contributed by atoms with E-state index in [2.05, 4.69) is 10.1 Å². The number of rotatable bonds is 5. The predicted octanol–water partition coefficient (Wildman–Crippen LogP) is 2.94. The van der Waals surface area contributed by atoms with E-state index >= 15 is 0 Å². The molecular formula is C18H16FNO3. The Labute approximate surface area is 133 Å². The van der Waals surface area contributed by atoms with Crippen molar-refractivity contribution in [3.63, 3.8) is 0 Å². The highest BCUT2D eigenvalue weighted by atomic mass is 19.1. The van der Waals surface area contributed by atoms with Crippen LogP contribution in [0.15, 0.2) is 54.6 Å². The lowest BCUT2D eigenvalue weighted by Crippen LogP contribution is -2.20. The zero-order valence-electron chi connectivity index (χ0n) is 12.6. The van der Waals surface area contributed by atoms with Gasteiger partial charge in [-0.25, -0.2) is 9.18 Å². The van der Waals surface area contributed by atoms with E-state index in [0.29, 0.717) is 17.7 Å². The first kappa shape index (κ1) is 16.4. The van der Waals surface area contributed by atoms with Crippen molar-refractivity contribution < 1.29 is 18.7 Å². The summed E-state index contributed by atoms with van der Waals surface area (Å²) in [7, 11) is 1.32. The summed E-state index contributed by atoms with van der Waals surface area (Å²) < 4.78 is 17.6. The second-order valence-corrected chi connectivity index (χ2v) is 4.79. The van der Waals surface area contributed by atoms with Crippen molar-refractivity contribution in [2.24, 2.45) is 0 Å². The Bertz CT molecular complexity index is 723. The van der Waals surface area contributed by atoms with Crippen molar-refractivity contribution in [1.29, 1.82) is 0 Å². The maximum atomic E-state index is 13.0. The Morgan fingerprint density at radius 1 is 1.17 bits per heavy atom. The summed E-state index contributed by atoms with van der Waals surface area (Å²) in [6.07, 6.45) is 2.89. The number of halogens is 1. The van der Waals surface area contributed by atoms with Crippen molar-refractivity contribution in [3.05, 3.63) is 77.1 Å². The van der Waals surface area contributed by atoms with Crippen LogP contribution in [0.25, 0.3) is 6.08 Å². The molecule has 23 heavy (non-hydrogen) atoms. The fourth-order valence-electron chi connectivity index (χ4n) is 1.91. The molecule has 0 saturated carbocycles. The number of nitrogens with one attached hydrogen (secondary N) is 1. The monoisotopic (exact) mass is 313 g/mol. The molecular weight excluding hydrogens is 297 g/mol. The van der Waals surface area contributed by atoms with Crippen LogP contribution in [0.2, 0.25) is 0 Å². The molecule has 2 rings (SSSR count). The molecule has 5 heteroatoms. The highest BCUT2D eigenvalue weighted by Crippen LogP contribution is 2.07. The molecule has 0 heterocycles. The molecule has 2 aromatic carbocycles. The predicted molar refractivity (Wildman–Crippen MR) is 85.1 cm³/mol. The van der Waals surface area contributed by atoms with Gasteiger partial charge in [-0.2, -0.15) is 0 Å². The molecule has 0 aliphatic carbocycles. The van der Waals surface area contributed by atoms with Crippen LogP contribution in [0, 0.1) is 5.82 Å². The zero-order valence-corrected chi connectivity index (χ0v) is 12.6. The average molecular weight is 313 g/mol. The second kappa shape index (κ2) is 7.89. The summed E-state index contributed by atoms with van der Waals surface area (Å²) >= 11 is 0. The largest absolute Gasteiger partial charge is 0.465 e. The lowest BCUT2D eigenvalue weighted by molar-refractivity contribution is -0.116. The van der Waals surface area contributed by atoms with Crippen molar-refractivity contribution in [2.75, 3.05) is 7.11 Å². The van der Waals surface area contributed by atoms with Crippen LogP contribution in [0.5, 0.6) is 0 Å². The molecule has 0 aromatic heterocycles. The normalized spacial score (nSPS) is 10.5. The maximum absolute atomic E-state index is 13.0. The number of esters is 1. The Balaban J connectivity index is 1.88. The summed E-state index contributed by atoms with van der Waals surface area (Å²) in [5, 5.41) is 2.71. The zero-order chi connectivity index (χ0) is 16.7. The summed E-state index contributed by atoms with van der Waals surface area (Å²) in [5.74, 6) is -1.04. The van der Waals surface area contributed by atoms with Gasteiger partial charge in [0, 0.05) is 12.6 Å². The fourth-order valence-corrected chi connectivity index (χ4v) is 1.91. The number of benzene rings is 2. The molecule has 1 N–H and O–H groups in total. The molecule has 0 radical (unpaired) electrons. The first-order valence-electron chi connectivity index (χ1n) is 6.97. The summed E-state index contributed by atoms with van der Waals surface area (Å²) in [6.45, 7) is 0.327. The van der Waals surface area contributed by atoms with E-state index in [4.69, 9.17) is 0 Å². The molecule has 1 amide bonds. The molecule has 0 bridgehead atoms. The number of ether oxygens (including phenoxy) is 1. The van der Waals surface area contributed by atoms with Crippen molar-refractivity contribution in [2.45, 2.75) is 6.54 Å². The number of hydrogen-bond donors (Lipinski definition) is 1. The van der Waals surface area contributed by atoms with Gasteiger partial charge in [0.2, 0.25) is 5.91 Å². The molecule has 0 atom stereocenters. The van der Waals surface area contributed by atoms with Gasteiger partial charge in [-0.1, -0.05) is 24.3 Å². The first-order valence-corrected chi connectivity index (χ1v) is 6.97. The van der Waals surface area contributed by atoms with E-state index in [9.17, 15) is 14.0 Å². The van der Waals surface area contributed by atoms with Gasteiger partial charge in [0.1, 0.15) is 5.82 Å². The van der Waals surface area contributed by atoms with Gasteiger partial charge in [-0.05, 0) is 41.5 Å². The Hall–Kier alpha value is -2.95. The second-order valence-electron chi connectivity index (χ2n) is 4.79. The third-order valence-electron chi connectivity index (χ3n) is 3.12. The van der Waals surface area contributed by atoms with E-state index in [1.807, 2.05) is 0 Å². The summed E-state index contributed by atoms with van der Waals surface area (Å²) in [4.78, 5) is 23.0. The highest BCUT2D eigenvalue weighted by Gasteiger charge is 2.04. The highest BCUT2D eigenvalue weighted by molar-refractivity contribution is 5.91. The number of carbonyl (C=O) groups is 2. The van der Waals surface area contributed by atoms with Crippen LogP contribution in [0.4, 0.5) is 4.39 Å². The van der Waals surface area contributed by atoms with Crippen LogP contribution in [0.3, 0.4) is 0 Å². The minimum absolute atomic E-state index is 0.286. The number of amides is 1. The SMILES string of the molecule is COC(=O)c1ccc(CNC(=O)C=Cc2cccc(F)c2)cc1. The van der Waals surface area contributed by atoms with Crippen molar-refractivity contribution >= 4 is 18.0 Å². The third kappa shape index (κ3) is 5.07. The van der Waals surface area contributed by atoms with Gasteiger partial charge in [0.25, 0.3) is 0 Å². The van der Waals surface area contributed by atoms with Gasteiger partial charge in [-0.3, -0.25) is 4.79 Å². The van der Waals surface area contributed by atoms with Gasteiger partial charge in [-0.15, -0.1) is 0 Å². The number of carbonyl (C=O) groups excluding carboxylic acids is 2. The molecule has 0 aliphatic heterocycles. The number of methoxy groups -OCH3 is 1. The van der Waals surface area contributed by atoms with Gasteiger partial charge in [0.15, 0.2) is 0 Å². The van der Waals surface area contributed by atoms with Crippen LogP contribution in [-0.4, -0.2) is 19.0 Å². The van der Waals surface area contributed by atoms with Crippen LogP contribution < -0.4 is 5.32 Å².